The molecule has 7 nitrogen and oxygen atoms in total. The molecule has 2 rings (SSSR count). The summed E-state index contributed by atoms with van der Waals surface area (Å²) in [5.74, 6) is -0.0584. The Hall–Kier alpha value is -2.45. The zero-order valence-corrected chi connectivity index (χ0v) is 17.1. The number of alkyl carbamates (subject to hydrolysis) is 1. The van der Waals surface area contributed by atoms with Crippen LogP contribution >= 0.6 is 11.3 Å². The summed E-state index contributed by atoms with van der Waals surface area (Å²) >= 11 is 1.47. The van der Waals surface area contributed by atoms with Crippen molar-refractivity contribution < 1.29 is 14.3 Å². The van der Waals surface area contributed by atoms with Crippen molar-refractivity contribution in [1.29, 1.82) is 0 Å². The number of anilines is 1. The Bertz CT molecular complexity index is 779. The Labute approximate surface area is 163 Å². The molecule has 0 aliphatic carbocycles. The van der Waals surface area contributed by atoms with Gasteiger partial charge in [-0.3, -0.25) is 4.79 Å². The first-order chi connectivity index (χ1) is 12.6. The minimum absolute atomic E-state index is 0.0584. The number of rotatable bonds is 6. The van der Waals surface area contributed by atoms with Crippen LogP contribution in [0.25, 0.3) is 11.3 Å². The Balaban J connectivity index is 1.92. The SMILES string of the molecule is CN(C)CC(=O)Nc1ccc(-c2csc(CNC(=O)OC(C)(C)C)n2)cc1. The number of hydrogen-bond donors (Lipinski definition) is 2. The predicted octanol–water partition coefficient (Wildman–Crippen LogP) is 3.33. The molecule has 0 radical (unpaired) electrons. The molecule has 1 aromatic heterocycles. The van der Waals surface area contributed by atoms with Crippen molar-refractivity contribution in [3.05, 3.63) is 34.7 Å². The van der Waals surface area contributed by atoms with E-state index in [1.807, 2.05) is 69.4 Å². The van der Waals surface area contributed by atoms with Gasteiger partial charge in [-0.1, -0.05) is 12.1 Å². The Morgan fingerprint density at radius 3 is 2.44 bits per heavy atom. The number of carbonyl (C=O) groups excluding carboxylic acids is 2. The molecular formula is C19H26N4O3S. The molecule has 1 heterocycles. The fraction of sp³-hybridized carbons (Fsp3) is 0.421. The van der Waals surface area contributed by atoms with Gasteiger partial charge >= 0.3 is 6.09 Å². The van der Waals surface area contributed by atoms with Crippen LogP contribution in [0.3, 0.4) is 0 Å². The van der Waals surface area contributed by atoms with Gasteiger partial charge in [0, 0.05) is 16.6 Å². The molecule has 0 saturated heterocycles. The number of benzene rings is 1. The summed E-state index contributed by atoms with van der Waals surface area (Å²) < 4.78 is 5.21. The van der Waals surface area contributed by atoms with Gasteiger partial charge < -0.3 is 20.3 Å². The summed E-state index contributed by atoms with van der Waals surface area (Å²) in [4.78, 5) is 29.8. The van der Waals surface area contributed by atoms with Gasteiger partial charge in [0.05, 0.1) is 18.8 Å². The lowest BCUT2D eigenvalue weighted by Gasteiger charge is -2.19. The molecule has 0 fully saturated rings. The number of hydrogen-bond acceptors (Lipinski definition) is 6. The lowest BCUT2D eigenvalue weighted by atomic mass is 10.1. The number of ether oxygens (including phenoxy) is 1. The molecule has 0 atom stereocenters. The molecule has 27 heavy (non-hydrogen) atoms. The van der Waals surface area contributed by atoms with Crippen molar-refractivity contribution in [2.45, 2.75) is 32.9 Å². The molecule has 146 valence electrons. The highest BCUT2D eigenvalue weighted by Gasteiger charge is 2.16. The van der Waals surface area contributed by atoms with Gasteiger partial charge in [0.15, 0.2) is 0 Å². The zero-order valence-electron chi connectivity index (χ0n) is 16.3. The molecule has 2 N–H and O–H groups in total. The van der Waals surface area contributed by atoms with Crippen LogP contribution in [-0.2, 0) is 16.1 Å². The molecule has 0 aliphatic rings. The molecular weight excluding hydrogens is 364 g/mol. The van der Waals surface area contributed by atoms with Gasteiger partial charge in [-0.05, 0) is 47.0 Å². The number of aromatic nitrogens is 1. The van der Waals surface area contributed by atoms with Crippen LogP contribution in [0.15, 0.2) is 29.6 Å². The quantitative estimate of drug-likeness (QED) is 0.790. The van der Waals surface area contributed by atoms with Crippen molar-refractivity contribution in [3.63, 3.8) is 0 Å². The third-order valence-corrected chi connectivity index (χ3v) is 4.11. The van der Waals surface area contributed by atoms with Crippen molar-refractivity contribution in [3.8, 4) is 11.3 Å². The third kappa shape index (κ3) is 7.36. The van der Waals surface area contributed by atoms with Crippen molar-refractivity contribution in [1.82, 2.24) is 15.2 Å². The highest BCUT2D eigenvalue weighted by atomic mass is 32.1. The number of amides is 2. The van der Waals surface area contributed by atoms with Gasteiger partial charge in [0.25, 0.3) is 0 Å². The van der Waals surface area contributed by atoms with E-state index in [1.165, 1.54) is 11.3 Å². The maximum atomic E-state index is 11.8. The van der Waals surface area contributed by atoms with Crippen LogP contribution in [0.5, 0.6) is 0 Å². The Morgan fingerprint density at radius 1 is 1.19 bits per heavy atom. The average Bonchev–Trinajstić information content (AvgIpc) is 3.00. The lowest BCUT2D eigenvalue weighted by Crippen LogP contribution is -2.32. The highest BCUT2D eigenvalue weighted by Crippen LogP contribution is 2.23. The van der Waals surface area contributed by atoms with Crippen molar-refractivity contribution in [2.75, 3.05) is 26.0 Å². The smallest absolute Gasteiger partial charge is 0.408 e. The molecule has 0 spiro atoms. The first-order valence-electron chi connectivity index (χ1n) is 8.58. The van der Waals surface area contributed by atoms with Gasteiger partial charge in [-0.2, -0.15) is 0 Å². The molecule has 0 aliphatic heterocycles. The minimum Gasteiger partial charge on any atom is -0.444 e. The van der Waals surface area contributed by atoms with Gasteiger partial charge in [0.1, 0.15) is 10.6 Å². The maximum Gasteiger partial charge on any atom is 0.408 e. The fourth-order valence-electron chi connectivity index (χ4n) is 2.20. The van der Waals surface area contributed by atoms with Gasteiger partial charge in [-0.25, -0.2) is 9.78 Å². The van der Waals surface area contributed by atoms with Crippen LogP contribution in [0, 0.1) is 0 Å². The summed E-state index contributed by atoms with van der Waals surface area (Å²) in [6.45, 7) is 6.11. The normalized spacial score (nSPS) is 11.3. The zero-order chi connectivity index (χ0) is 20.0. The van der Waals surface area contributed by atoms with Crippen LogP contribution < -0.4 is 10.6 Å². The van der Waals surface area contributed by atoms with E-state index < -0.39 is 11.7 Å². The van der Waals surface area contributed by atoms with E-state index in [4.69, 9.17) is 4.74 Å². The monoisotopic (exact) mass is 390 g/mol. The third-order valence-electron chi connectivity index (χ3n) is 3.26. The van der Waals surface area contributed by atoms with Crippen molar-refractivity contribution >= 4 is 29.0 Å². The standard InChI is InChI=1S/C19H26N4O3S/c1-19(2,3)26-18(25)20-10-17-22-15(12-27-17)13-6-8-14(9-7-13)21-16(24)11-23(4)5/h6-9,12H,10-11H2,1-5H3,(H,20,25)(H,21,24). The molecule has 0 saturated carbocycles. The number of nitrogens with zero attached hydrogens (tertiary/aromatic N) is 2. The van der Waals surface area contributed by atoms with Crippen LogP contribution in [0.4, 0.5) is 10.5 Å². The number of nitrogens with one attached hydrogen (secondary N) is 2. The first-order valence-corrected chi connectivity index (χ1v) is 9.46. The average molecular weight is 391 g/mol. The second kappa shape index (κ2) is 8.96. The molecule has 8 heteroatoms. The van der Waals surface area contributed by atoms with Crippen LogP contribution in [-0.4, -0.2) is 48.1 Å². The van der Waals surface area contributed by atoms with Gasteiger partial charge in [0.2, 0.25) is 5.91 Å². The topological polar surface area (TPSA) is 83.6 Å². The minimum atomic E-state index is -0.526. The summed E-state index contributed by atoms with van der Waals surface area (Å²) in [5, 5.41) is 8.28. The molecule has 1 aromatic carbocycles. The number of likely N-dealkylation sites (N-methyl/N-ethyl adjacent to an activating group) is 1. The van der Waals surface area contributed by atoms with E-state index in [2.05, 4.69) is 15.6 Å². The number of thiazole rings is 1. The number of carbonyl (C=O) groups is 2. The van der Waals surface area contributed by atoms with E-state index in [0.29, 0.717) is 13.1 Å². The molecule has 0 unspecified atom stereocenters. The summed E-state index contributed by atoms with van der Waals surface area (Å²) in [7, 11) is 3.69. The fourth-order valence-corrected chi connectivity index (χ4v) is 2.94. The molecule has 2 amide bonds. The second-order valence-electron chi connectivity index (χ2n) is 7.35. The van der Waals surface area contributed by atoms with Crippen LogP contribution in [0.1, 0.15) is 25.8 Å². The van der Waals surface area contributed by atoms with E-state index >= 15 is 0 Å². The Kier molecular flexibility index (Phi) is 6.92. The summed E-state index contributed by atoms with van der Waals surface area (Å²) in [6, 6.07) is 7.51. The van der Waals surface area contributed by atoms with E-state index in [0.717, 1.165) is 22.0 Å². The summed E-state index contributed by atoms with van der Waals surface area (Å²) in [6.07, 6.45) is -0.461. The predicted molar refractivity (Wildman–Crippen MR) is 108 cm³/mol. The van der Waals surface area contributed by atoms with Crippen LogP contribution in [0.2, 0.25) is 0 Å². The highest BCUT2D eigenvalue weighted by molar-refractivity contribution is 7.09. The van der Waals surface area contributed by atoms with E-state index in [9.17, 15) is 9.59 Å². The second-order valence-corrected chi connectivity index (χ2v) is 8.29. The van der Waals surface area contributed by atoms with E-state index in [-0.39, 0.29) is 5.91 Å². The van der Waals surface area contributed by atoms with Crippen molar-refractivity contribution in [2.24, 2.45) is 0 Å². The maximum absolute atomic E-state index is 11.8. The largest absolute Gasteiger partial charge is 0.444 e. The molecule has 0 bridgehead atoms. The Morgan fingerprint density at radius 2 is 1.85 bits per heavy atom. The summed E-state index contributed by atoms with van der Waals surface area (Å²) in [5.41, 5.74) is 1.99. The molecule has 2 aromatic rings. The lowest BCUT2D eigenvalue weighted by molar-refractivity contribution is -0.116. The van der Waals surface area contributed by atoms with E-state index in [1.54, 1.807) is 0 Å². The first kappa shape index (κ1) is 20.9. The van der Waals surface area contributed by atoms with Gasteiger partial charge in [-0.15, -0.1) is 11.3 Å².